The molecule has 0 aromatic heterocycles. The van der Waals surface area contributed by atoms with Crippen LogP contribution in [0.1, 0.15) is 306 Å². The highest BCUT2D eigenvalue weighted by Gasteiger charge is 2.19. The van der Waals surface area contributed by atoms with Crippen LogP contribution in [0.2, 0.25) is 0 Å². The number of aromatic carboxylic acids is 1. The summed E-state index contributed by atoms with van der Waals surface area (Å²) in [6.45, 7) is -12.0. The van der Waals surface area contributed by atoms with Gasteiger partial charge in [-0.05, 0) is 54.5 Å². The molecule has 0 radical (unpaired) electrons. The summed E-state index contributed by atoms with van der Waals surface area (Å²) in [6.07, 6.45) is -112. The number of halogens is 1. The highest BCUT2D eigenvalue weighted by molar-refractivity contribution is 8.13. The van der Waals surface area contributed by atoms with Crippen molar-refractivity contribution in [3.8, 4) is 0 Å². The summed E-state index contributed by atoms with van der Waals surface area (Å²) >= 11 is 0. The summed E-state index contributed by atoms with van der Waals surface area (Å²) in [5.41, 5.74) is -10.3. The number of rotatable bonds is 34. The number of anilines is 1. The Morgan fingerprint density at radius 1 is 0.514 bits per heavy atom. The third-order valence-corrected chi connectivity index (χ3v) is 9.22. The van der Waals surface area contributed by atoms with Crippen LogP contribution in [0.3, 0.4) is 0 Å². The molecule has 0 fully saturated rings. The van der Waals surface area contributed by atoms with E-state index in [-0.39, 0.29) is 17.6 Å². The van der Waals surface area contributed by atoms with Gasteiger partial charge >= 0.3 is 17.9 Å². The van der Waals surface area contributed by atoms with E-state index in [0.717, 1.165) is 37.4 Å². The van der Waals surface area contributed by atoms with Gasteiger partial charge in [0.2, 0.25) is 9.05 Å². The Bertz CT molecular complexity index is 5290. The fourth-order valence-corrected chi connectivity index (χ4v) is 5.91. The van der Waals surface area contributed by atoms with Gasteiger partial charge in [-0.1, -0.05) is 203 Å². The molecule has 0 aliphatic heterocycles. The Morgan fingerprint density at radius 3 is 1.21 bits per heavy atom. The van der Waals surface area contributed by atoms with Crippen molar-refractivity contribution in [1.82, 2.24) is 0 Å². The quantitative estimate of drug-likeness (QED) is 0.0323. The van der Waals surface area contributed by atoms with Crippen LogP contribution in [-0.4, -0.2) is 79.6 Å². The molecule has 72 heavy (non-hydrogen) atoms. The maximum Gasteiger partial charge on any atom is 0.339 e. The van der Waals surface area contributed by atoms with Gasteiger partial charge in [0.1, 0.15) is 0 Å². The Kier molecular flexibility index (Phi) is 9.92. The molecule has 0 bridgehead atoms. The summed E-state index contributed by atoms with van der Waals surface area (Å²) in [4.78, 5) is 34.6. The molecule has 0 atom stereocenters. The number of para-hydroxylation sites is 1. The van der Waals surface area contributed by atoms with Crippen molar-refractivity contribution in [2.75, 3.05) is 37.1 Å². The van der Waals surface area contributed by atoms with Gasteiger partial charge < -0.3 is 20.3 Å². The van der Waals surface area contributed by atoms with Crippen molar-refractivity contribution in [2.45, 2.75) is 185 Å². The van der Waals surface area contributed by atoms with Gasteiger partial charge in [-0.2, -0.15) is 0 Å². The van der Waals surface area contributed by atoms with E-state index in [4.69, 9.17) is 107 Å². The molecular weight excluding hydrogens is 998 g/mol. The van der Waals surface area contributed by atoms with Crippen LogP contribution in [0.5, 0.6) is 0 Å². The number of hydrogen-bond acceptors (Lipinski definition) is 12. The molecule has 0 amide bonds. The molecular formula is C55H88ClNO12S3. The first-order chi connectivity index (χ1) is 59.3. The van der Waals surface area contributed by atoms with E-state index in [9.17, 15) is 44.7 Å². The van der Waals surface area contributed by atoms with Crippen molar-refractivity contribution in [1.29, 1.82) is 0 Å². The second kappa shape index (κ2) is 41.4. The van der Waals surface area contributed by atoms with E-state index >= 15 is 0 Å². The molecule has 3 rings (SSSR count). The molecule has 3 aromatic rings. The van der Waals surface area contributed by atoms with E-state index in [2.05, 4.69) is 9.47 Å². The molecule has 3 aromatic carbocycles. The van der Waals surface area contributed by atoms with Crippen LogP contribution in [0.4, 0.5) is 5.69 Å². The van der Waals surface area contributed by atoms with Crippen LogP contribution in [0.15, 0.2) is 72.7 Å². The van der Waals surface area contributed by atoms with Crippen molar-refractivity contribution in [2.24, 2.45) is 0 Å². The van der Waals surface area contributed by atoms with Crippen LogP contribution in [0, 0.1) is 0 Å². The second-order valence-corrected chi connectivity index (χ2v) is 17.0. The SMILES string of the molecule is [2H]C([2H])([2H])C([2H])([2H])C([2H])([2H])C([2H])([2H])C([2H])([2H])C([2H])([2H])C([2H])([2H])C([2H])([2H])C([2H])([2H])C([2H])([2H])S(=O)(=O)Cl.[2H]c1ccc(CS(=O)(=O)C([2H])([2H])C([2H])([2H])C([2H])([2H])C([2H])([2H])C([2H])([2H])C([2H])([2H])C([2H])([2H])C([2H])([2H])C([2H])([2H])C([2H])([2H])[2H])c(C(=O)O)c1.[2H]c1ccc(CS(=O)(=O)C([2H])([2H])C([2H])([2H])C([2H])([2H])C([2H])([2H])C([2H])([2H])C([2H])([2H])C([2H])([2H])C([2H])([2H])C([2H])([2H])C([2H])([2H])[2H])c(C(=O)OC)c1.[2H]c1ccc(N)c(C(=O)OC)c1. The van der Waals surface area contributed by atoms with E-state index in [1.165, 1.54) is 25.3 Å². The van der Waals surface area contributed by atoms with Crippen molar-refractivity contribution in [3.05, 3.63) is 101 Å². The van der Waals surface area contributed by atoms with Gasteiger partial charge in [-0.15, -0.1) is 0 Å². The number of esters is 2. The minimum Gasteiger partial charge on any atom is -0.478 e. The zero-order valence-corrected chi connectivity index (χ0v) is 39.9. The van der Waals surface area contributed by atoms with Crippen LogP contribution >= 0.6 is 10.7 Å². The van der Waals surface area contributed by atoms with E-state index in [1.54, 1.807) is 0 Å². The van der Waals surface area contributed by atoms with Crippen molar-refractivity contribution >= 4 is 63.0 Å². The number of benzene rings is 3. The Hall–Kier alpha value is -3.99. The number of carboxylic acids is 1. The number of nitrogen functional groups attached to an aromatic ring is 1. The maximum atomic E-state index is 13.3. The van der Waals surface area contributed by atoms with Crippen LogP contribution < -0.4 is 5.73 Å². The zero-order chi connectivity index (χ0) is 113. The van der Waals surface area contributed by atoms with Gasteiger partial charge in [0.25, 0.3) is 0 Å². The van der Waals surface area contributed by atoms with E-state index in [1.807, 2.05) is 0 Å². The zero-order valence-electron chi connectivity index (χ0n) is 103. The first-order valence-electron chi connectivity index (χ1n) is 51.1. The van der Waals surface area contributed by atoms with Crippen molar-refractivity contribution < 1.29 is 145 Å². The molecule has 410 valence electrons. The van der Waals surface area contributed by atoms with E-state index < -0.39 is 277 Å². The Morgan fingerprint density at radius 2 is 0.833 bits per heavy atom. The molecule has 0 saturated carbocycles. The molecule has 17 heteroatoms. The smallest absolute Gasteiger partial charge is 0.339 e. The molecule has 0 saturated heterocycles. The average molecular weight is 1150 g/mol. The molecule has 0 unspecified atom stereocenters. The highest BCUT2D eigenvalue weighted by atomic mass is 35.7. The fourth-order valence-electron chi connectivity index (χ4n) is 3.74. The lowest BCUT2D eigenvalue weighted by molar-refractivity contribution is 0.0592. The van der Waals surface area contributed by atoms with Crippen molar-refractivity contribution in [3.63, 3.8) is 0 Å². The number of nitrogens with two attached hydrogens (primary N) is 1. The number of hydrogen-bond donors (Lipinski definition) is 2. The number of methoxy groups -OCH3 is 2. The minimum absolute atomic E-state index is 0.240. The molecule has 13 nitrogen and oxygen atoms in total. The summed E-state index contributed by atoms with van der Waals surface area (Å²) < 4.78 is 598. The number of sulfone groups is 2. The summed E-state index contributed by atoms with van der Waals surface area (Å²) in [5, 5.41) is 9.32. The lowest BCUT2D eigenvalue weighted by Gasteiger charge is -2.09. The maximum absolute atomic E-state index is 13.3. The van der Waals surface area contributed by atoms with Gasteiger partial charge in [0.15, 0.2) is 19.7 Å². The standard InChI is InChI=1S/C19H30O4S.C18H28O4S.C10H21ClO2S.C8H9NO2/c1-3-4-5-6-7-8-9-12-15-24(21,22)16-17-13-10-11-14-18(17)19(20)23-2;1-2-3-4-5-6-7-8-11-14-23(21,22)15-16-12-9-10-13-17(16)18(19)20;1-2-3-4-5-6-7-8-9-10-14(11,12)13;1-11-8(10)6-4-2-3-5-7(6)9/h10-11,13-14H,3-9,12,15-16H2,1-2H3;9-10,12-13H,2-8,11,14-15H2,1H3,(H,19,20);2-10H2,1H3;2-5H,9H2,1H3/i1D3,3D2,4D2,5D2,6D2,7D2,8D2,9D2,11D,12D2,15D2;1D3,2D2,3D2,4D2,5D2,6D2,7D2,8D2,10D,11D2,14D2;1D3,2D2,3D2,4D2,5D2,6D2,7D2,8D2,9D2,10D2;2D. The minimum atomic E-state index is -5.79. The molecule has 3 N–H and O–H groups in total. The Labute approximate surface area is 531 Å². The molecule has 0 heterocycles. The second-order valence-electron chi connectivity index (χ2n) is 11.2. The summed E-state index contributed by atoms with van der Waals surface area (Å²) in [6, 6.07) is 8.80. The number of carboxylic acid groups (broad SMARTS) is 1. The van der Waals surface area contributed by atoms with Crippen LogP contribution in [0.25, 0.3) is 0 Å². The third kappa shape index (κ3) is 36.0. The van der Waals surface area contributed by atoms with Crippen LogP contribution in [-0.2, 0) is 49.7 Å². The lowest BCUT2D eigenvalue weighted by Crippen LogP contribution is -2.13. The third-order valence-electron chi connectivity index (χ3n) is 6.44. The first-order valence-corrected chi connectivity index (χ1v) is 23.7. The lowest BCUT2D eigenvalue weighted by atomic mass is 10.1. The average Bonchev–Trinajstić information content (AvgIpc) is 0.687. The predicted molar refractivity (Wildman–Crippen MR) is 296 cm³/mol. The van der Waals surface area contributed by atoms with Gasteiger partial charge in [0, 0.05) is 103 Å². The summed E-state index contributed by atoms with van der Waals surface area (Å²) in [5.74, 6) is -6.79. The van der Waals surface area contributed by atoms with Gasteiger partial charge in [-0.3, -0.25) is 0 Å². The highest BCUT2D eigenvalue weighted by Crippen LogP contribution is 2.18. The normalized spacial score (nSPS) is 30.7. The molecule has 0 spiro atoms. The predicted octanol–water partition coefficient (Wildman–Crippen LogP) is 13.7. The largest absolute Gasteiger partial charge is 0.478 e. The fraction of sp³-hybridized carbons (Fsp3) is 0.618. The summed E-state index contributed by atoms with van der Waals surface area (Å²) in [7, 11) is -10.3. The van der Waals surface area contributed by atoms with Gasteiger partial charge in [-0.25, -0.2) is 39.6 Å². The Balaban J connectivity index is 0.00000193. The van der Waals surface area contributed by atoms with E-state index in [0.29, 0.717) is 11.8 Å². The monoisotopic (exact) mass is 1150 g/mol. The molecule has 0 aliphatic carbocycles. The number of carbonyl (C=O) groups excluding carboxylic acids is 2. The number of ether oxygens (including phenoxy) is 2. The molecule has 0 aliphatic rings. The van der Waals surface area contributed by atoms with Gasteiger partial charge in [0.05, 0.1) is 63.6 Å². The topological polar surface area (TPSA) is 218 Å². The number of carbonyl (C=O) groups is 3. The first kappa shape index (κ1) is 17.3.